The summed E-state index contributed by atoms with van der Waals surface area (Å²) in [4.78, 5) is 24.8. The minimum atomic E-state index is -0.467. The van der Waals surface area contributed by atoms with Crippen LogP contribution in [-0.4, -0.2) is 34.7 Å². The Balaban J connectivity index is 2.06. The van der Waals surface area contributed by atoms with Gasteiger partial charge in [-0.25, -0.2) is 0 Å². The molecule has 5 nitrogen and oxygen atoms in total. The standard InChI is InChI=1S/C15H20N2O3/c1-2-16(13-7-3-4-8-13)11-15(18)12-6-5-9-14(10-12)17(19)20/h5-6,9-10,13H,2-4,7-8,11H2,1H3. The summed E-state index contributed by atoms with van der Waals surface area (Å²) >= 11 is 0. The van der Waals surface area contributed by atoms with Crippen molar-refractivity contribution in [3.05, 3.63) is 39.9 Å². The molecular weight excluding hydrogens is 256 g/mol. The lowest BCUT2D eigenvalue weighted by molar-refractivity contribution is -0.384. The van der Waals surface area contributed by atoms with Gasteiger partial charge < -0.3 is 0 Å². The number of carbonyl (C=O) groups is 1. The van der Waals surface area contributed by atoms with Crippen molar-refractivity contribution in [1.82, 2.24) is 4.90 Å². The maximum absolute atomic E-state index is 12.3. The summed E-state index contributed by atoms with van der Waals surface area (Å²) in [5.74, 6) is -0.0394. The zero-order valence-electron chi connectivity index (χ0n) is 11.7. The largest absolute Gasteiger partial charge is 0.293 e. The molecule has 0 atom stereocenters. The fraction of sp³-hybridized carbons (Fsp3) is 0.533. The number of carbonyl (C=O) groups excluding carboxylic acids is 1. The van der Waals surface area contributed by atoms with Gasteiger partial charge in [-0.2, -0.15) is 0 Å². The smallest absolute Gasteiger partial charge is 0.270 e. The van der Waals surface area contributed by atoms with Crippen LogP contribution < -0.4 is 0 Å². The summed E-state index contributed by atoms with van der Waals surface area (Å²) in [5.41, 5.74) is 0.399. The van der Waals surface area contributed by atoms with Gasteiger partial charge in [-0.15, -0.1) is 0 Å². The molecular formula is C15H20N2O3. The number of non-ortho nitro benzene ring substituents is 1. The van der Waals surface area contributed by atoms with Gasteiger partial charge >= 0.3 is 0 Å². The predicted molar refractivity (Wildman–Crippen MR) is 76.9 cm³/mol. The second-order valence-corrected chi connectivity index (χ2v) is 5.23. The highest BCUT2D eigenvalue weighted by Crippen LogP contribution is 2.23. The van der Waals surface area contributed by atoms with Crippen molar-refractivity contribution in [2.75, 3.05) is 13.1 Å². The van der Waals surface area contributed by atoms with Crippen LogP contribution in [0, 0.1) is 10.1 Å². The summed E-state index contributed by atoms with van der Waals surface area (Å²) in [7, 11) is 0. The summed E-state index contributed by atoms with van der Waals surface area (Å²) in [6.45, 7) is 3.24. The number of likely N-dealkylation sites (N-methyl/N-ethyl adjacent to an activating group) is 1. The van der Waals surface area contributed by atoms with E-state index in [1.165, 1.54) is 25.0 Å². The van der Waals surface area contributed by atoms with Gasteiger partial charge in [0.15, 0.2) is 5.78 Å². The van der Waals surface area contributed by atoms with Gasteiger partial charge in [0.05, 0.1) is 11.5 Å². The number of Topliss-reactive ketones (excluding diaryl/α,β-unsaturated/α-hetero) is 1. The number of hydrogen-bond acceptors (Lipinski definition) is 4. The van der Waals surface area contributed by atoms with Gasteiger partial charge in [0.25, 0.3) is 5.69 Å². The van der Waals surface area contributed by atoms with Crippen molar-refractivity contribution >= 4 is 11.5 Å². The Labute approximate surface area is 118 Å². The van der Waals surface area contributed by atoms with E-state index in [0.717, 1.165) is 19.4 Å². The Morgan fingerprint density at radius 1 is 1.40 bits per heavy atom. The monoisotopic (exact) mass is 276 g/mol. The van der Waals surface area contributed by atoms with Gasteiger partial charge in [-0.1, -0.05) is 31.9 Å². The Bertz CT molecular complexity index is 496. The number of nitro benzene ring substituents is 1. The SMILES string of the molecule is CCN(CC(=O)c1cccc([N+](=O)[O-])c1)C1CCCC1. The van der Waals surface area contributed by atoms with Crippen LogP contribution in [0.2, 0.25) is 0 Å². The predicted octanol–water partition coefficient (Wildman–Crippen LogP) is 3.04. The van der Waals surface area contributed by atoms with Crippen LogP contribution in [0.25, 0.3) is 0 Å². The molecule has 0 unspecified atom stereocenters. The third-order valence-electron chi connectivity index (χ3n) is 3.97. The third kappa shape index (κ3) is 3.42. The molecule has 0 aliphatic heterocycles. The van der Waals surface area contributed by atoms with Crippen LogP contribution in [-0.2, 0) is 0 Å². The normalized spacial score (nSPS) is 15.7. The highest BCUT2D eigenvalue weighted by Gasteiger charge is 2.23. The molecule has 1 aliphatic carbocycles. The minimum Gasteiger partial charge on any atom is -0.293 e. The highest BCUT2D eigenvalue weighted by atomic mass is 16.6. The lowest BCUT2D eigenvalue weighted by Gasteiger charge is -2.26. The number of rotatable bonds is 6. The molecule has 0 N–H and O–H groups in total. The van der Waals surface area contributed by atoms with Gasteiger partial charge in [0.2, 0.25) is 0 Å². The van der Waals surface area contributed by atoms with Crippen LogP contribution in [0.15, 0.2) is 24.3 Å². The molecule has 1 aromatic carbocycles. The number of ketones is 1. The molecule has 2 rings (SSSR count). The molecule has 1 aliphatic rings. The van der Waals surface area contributed by atoms with Crippen molar-refractivity contribution in [2.24, 2.45) is 0 Å². The van der Waals surface area contributed by atoms with Crippen LogP contribution >= 0.6 is 0 Å². The third-order valence-corrected chi connectivity index (χ3v) is 3.97. The number of benzene rings is 1. The van der Waals surface area contributed by atoms with E-state index in [9.17, 15) is 14.9 Å². The van der Waals surface area contributed by atoms with E-state index in [0.29, 0.717) is 18.2 Å². The van der Waals surface area contributed by atoms with Crippen molar-refractivity contribution in [1.29, 1.82) is 0 Å². The molecule has 1 saturated carbocycles. The topological polar surface area (TPSA) is 63.5 Å². The number of nitrogens with zero attached hydrogens (tertiary/aromatic N) is 2. The van der Waals surface area contributed by atoms with E-state index in [-0.39, 0.29) is 11.5 Å². The maximum Gasteiger partial charge on any atom is 0.270 e. The minimum absolute atomic E-state index is 0.0280. The molecule has 1 aromatic rings. The molecule has 0 radical (unpaired) electrons. The van der Waals surface area contributed by atoms with E-state index in [1.807, 2.05) is 0 Å². The number of nitro groups is 1. The molecule has 0 aromatic heterocycles. The van der Waals surface area contributed by atoms with Crippen LogP contribution in [0.5, 0.6) is 0 Å². The first kappa shape index (κ1) is 14.7. The molecule has 0 amide bonds. The Kier molecular flexibility index (Phi) is 4.84. The average Bonchev–Trinajstić information content (AvgIpc) is 2.98. The van der Waals surface area contributed by atoms with Crippen LogP contribution in [0.4, 0.5) is 5.69 Å². The van der Waals surface area contributed by atoms with E-state index >= 15 is 0 Å². The molecule has 1 fully saturated rings. The zero-order chi connectivity index (χ0) is 14.5. The molecule has 0 saturated heterocycles. The van der Waals surface area contributed by atoms with E-state index in [4.69, 9.17) is 0 Å². The van der Waals surface area contributed by atoms with Crippen LogP contribution in [0.1, 0.15) is 43.0 Å². The molecule has 0 bridgehead atoms. The lowest BCUT2D eigenvalue weighted by Crippen LogP contribution is -2.37. The van der Waals surface area contributed by atoms with Gasteiger partial charge in [-0.3, -0.25) is 19.8 Å². The molecule has 108 valence electrons. The molecule has 5 heteroatoms. The van der Waals surface area contributed by atoms with E-state index in [1.54, 1.807) is 12.1 Å². The second kappa shape index (κ2) is 6.61. The fourth-order valence-electron chi connectivity index (χ4n) is 2.84. The van der Waals surface area contributed by atoms with Crippen molar-refractivity contribution in [3.63, 3.8) is 0 Å². The van der Waals surface area contributed by atoms with Gasteiger partial charge in [0, 0.05) is 23.7 Å². The summed E-state index contributed by atoms with van der Waals surface area (Å²) in [6, 6.07) is 6.48. The Hall–Kier alpha value is -1.75. The Morgan fingerprint density at radius 3 is 2.70 bits per heavy atom. The summed E-state index contributed by atoms with van der Waals surface area (Å²) < 4.78 is 0. The van der Waals surface area contributed by atoms with Gasteiger partial charge in [0.1, 0.15) is 0 Å². The van der Waals surface area contributed by atoms with Crippen molar-refractivity contribution < 1.29 is 9.72 Å². The molecule has 0 heterocycles. The van der Waals surface area contributed by atoms with Gasteiger partial charge in [-0.05, 0) is 19.4 Å². The van der Waals surface area contributed by atoms with E-state index in [2.05, 4.69) is 11.8 Å². The van der Waals surface area contributed by atoms with E-state index < -0.39 is 4.92 Å². The van der Waals surface area contributed by atoms with Crippen molar-refractivity contribution in [2.45, 2.75) is 38.6 Å². The molecule has 20 heavy (non-hydrogen) atoms. The van der Waals surface area contributed by atoms with Crippen LogP contribution in [0.3, 0.4) is 0 Å². The lowest BCUT2D eigenvalue weighted by atomic mass is 10.1. The first-order valence-electron chi connectivity index (χ1n) is 7.13. The van der Waals surface area contributed by atoms with Crippen molar-refractivity contribution in [3.8, 4) is 0 Å². The molecule has 0 spiro atoms. The zero-order valence-corrected chi connectivity index (χ0v) is 11.7. The average molecular weight is 276 g/mol. The maximum atomic E-state index is 12.3. The summed E-state index contributed by atoms with van der Waals surface area (Å²) in [5, 5.41) is 10.7. The quantitative estimate of drug-likeness (QED) is 0.455. The Morgan fingerprint density at radius 2 is 2.10 bits per heavy atom. The summed E-state index contributed by atoms with van der Waals surface area (Å²) in [6.07, 6.45) is 4.75. The second-order valence-electron chi connectivity index (χ2n) is 5.23. The first-order chi connectivity index (χ1) is 9.61. The number of hydrogen-bond donors (Lipinski definition) is 0. The fourth-order valence-corrected chi connectivity index (χ4v) is 2.84. The highest BCUT2D eigenvalue weighted by molar-refractivity contribution is 5.98. The first-order valence-corrected chi connectivity index (χ1v) is 7.13.